The number of carbonyl (C=O) groups excluding carboxylic acids is 2. The van der Waals surface area contributed by atoms with Crippen LogP contribution in [0.5, 0.6) is 0 Å². The Morgan fingerprint density at radius 1 is 1.16 bits per heavy atom. The van der Waals surface area contributed by atoms with Crippen LogP contribution >= 0.6 is 11.5 Å². The van der Waals surface area contributed by atoms with Gasteiger partial charge in [0.05, 0.1) is 23.3 Å². The summed E-state index contributed by atoms with van der Waals surface area (Å²) in [6.07, 6.45) is 2.67. The predicted octanol–water partition coefficient (Wildman–Crippen LogP) is 4.94. The molecule has 0 amide bonds. The number of nitrogens with zero attached hydrogens (tertiary/aromatic N) is 1. The van der Waals surface area contributed by atoms with Gasteiger partial charge in [-0.05, 0) is 81.0 Å². The average Bonchev–Trinajstić information content (AvgIpc) is 3.21. The van der Waals surface area contributed by atoms with Gasteiger partial charge in [0.1, 0.15) is 6.10 Å². The van der Waals surface area contributed by atoms with Crippen LogP contribution in [-0.2, 0) is 19.0 Å². The van der Waals surface area contributed by atoms with Gasteiger partial charge in [-0.25, -0.2) is 4.79 Å². The van der Waals surface area contributed by atoms with E-state index in [1.54, 1.807) is 20.8 Å². The number of aliphatic hydroxyl groups is 1. The molecule has 2 bridgehead atoms. The molecule has 7 atom stereocenters. The van der Waals surface area contributed by atoms with Gasteiger partial charge < -0.3 is 19.3 Å². The molecule has 7 nitrogen and oxygen atoms in total. The summed E-state index contributed by atoms with van der Waals surface area (Å²) in [4.78, 5) is 29.0. The normalized spacial score (nSPS) is 40.1. The van der Waals surface area contributed by atoms with Crippen LogP contribution in [0.2, 0.25) is 0 Å². The van der Waals surface area contributed by atoms with Gasteiger partial charge in [0, 0.05) is 10.8 Å². The monoisotopic (exact) mass is 529 g/mol. The minimum atomic E-state index is -1.84. The quantitative estimate of drug-likeness (QED) is 0.428. The second kappa shape index (κ2) is 8.31. The molecule has 1 aromatic heterocycles. The number of aromatic nitrogens is 1. The molecule has 1 saturated carbocycles. The number of carbonyl (C=O) groups is 2. The minimum absolute atomic E-state index is 0.0392. The van der Waals surface area contributed by atoms with Crippen LogP contribution in [0.4, 0.5) is 0 Å². The molecular weight excluding hydrogens is 490 g/mol. The molecule has 8 heteroatoms. The van der Waals surface area contributed by atoms with E-state index < -0.39 is 40.9 Å². The summed E-state index contributed by atoms with van der Waals surface area (Å²) >= 11 is 1.25. The molecule has 0 aromatic carbocycles. The van der Waals surface area contributed by atoms with Gasteiger partial charge in [0.15, 0.2) is 23.3 Å². The summed E-state index contributed by atoms with van der Waals surface area (Å²) < 4.78 is 23.0. The van der Waals surface area contributed by atoms with E-state index in [4.69, 9.17) is 14.2 Å². The first-order valence-electron chi connectivity index (χ1n) is 13.2. The number of hydrogen-bond donors (Lipinski definition) is 1. The highest BCUT2D eigenvalue weighted by atomic mass is 32.1. The third-order valence-electron chi connectivity index (χ3n) is 9.75. The number of ketones is 1. The molecule has 2 unspecified atom stereocenters. The predicted molar refractivity (Wildman–Crippen MR) is 140 cm³/mol. The smallest absolute Gasteiger partial charge is 0.341 e. The SMILES string of the molecule is CC1=CC23C(=O)[C@@H](C=C4COC(C)(C)O[C@H]4[C@]2(O)[C@H]1OC(=O)c1c(C)nsc1C)C(C)(C)[C@@H](C)CC3C. The van der Waals surface area contributed by atoms with Crippen molar-refractivity contribution in [2.45, 2.75) is 92.3 Å². The van der Waals surface area contributed by atoms with E-state index in [0.717, 1.165) is 16.9 Å². The zero-order valence-electron chi connectivity index (χ0n) is 23.3. The Hall–Kier alpha value is -1.87. The topological polar surface area (TPSA) is 95.0 Å². The average molecular weight is 530 g/mol. The lowest BCUT2D eigenvalue weighted by Crippen LogP contribution is -2.68. The van der Waals surface area contributed by atoms with Crippen molar-refractivity contribution in [2.75, 3.05) is 6.61 Å². The van der Waals surface area contributed by atoms with Crippen molar-refractivity contribution in [3.63, 3.8) is 0 Å². The van der Waals surface area contributed by atoms with Crippen molar-refractivity contribution in [3.8, 4) is 0 Å². The zero-order valence-corrected chi connectivity index (χ0v) is 24.1. The number of fused-ring (bicyclic) bond motifs is 3. The van der Waals surface area contributed by atoms with Crippen LogP contribution in [0, 0.1) is 42.4 Å². The summed E-state index contributed by atoms with van der Waals surface area (Å²) in [7, 11) is 0. The van der Waals surface area contributed by atoms with Gasteiger partial charge in [-0.1, -0.05) is 39.8 Å². The van der Waals surface area contributed by atoms with Crippen LogP contribution in [0.3, 0.4) is 0 Å². The highest BCUT2D eigenvalue weighted by molar-refractivity contribution is 7.06. The third kappa shape index (κ3) is 3.51. The van der Waals surface area contributed by atoms with E-state index in [9.17, 15) is 14.7 Å². The second-order valence-electron chi connectivity index (χ2n) is 12.7. The maximum atomic E-state index is 14.8. The largest absolute Gasteiger partial charge is 0.451 e. The minimum Gasteiger partial charge on any atom is -0.451 e. The van der Waals surface area contributed by atoms with Gasteiger partial charge >= 0.3 is 5.97 Å². The Balaban J connectivity index is 1.73. The maximum Gasteiger partial charge on any atom is 0.341 e. The highest BCUT2D eigenvalue weighted by Gasteiger charge is 2.74. The van der Waals surface area contributed by atoms with Crippen LogP contribution in [0.15, 0.2) is 23.3 Å². The molecule has 2 fully saturated rings. The standard InChI is InChI=1S/C29H39NO6S/c1-14-12-28-16(3)10-15(2)26(6,7)20(22(28)31)11-19-13-34-27(8,9)36-24(19)29(28,33)23(14)35-25(32)21-17(4)30-37-18(21)5/h11-12,15-16,20,23-24,33H,10,13H2,1-9H3/t15-,16?,20+,23-,24+,28?,29+/m0/s1. The molecular formula is C29H39NO6S. The Morgan fingerprint density at radius 3 is 2.46 bits per heavy atom. The van der Waals surface area contributed by atoms with Crippen LogP contribution in [0.25, 0.3) is 0 Å². The number of rotatable bonds is 2. The first-order chi connectivity index (χ1) is 17.1. The molecule has 1 aromatic rings. The Morgan fingerprint density at radius 2 is 1.84 bits per heavy atom. The molecule has 1 saturated heterocycles. The fourth-order valence-corrected chi connectivity index (χ4v) is 7.99. The molecule has 4 aliphatic rings. The third-order valence-corrected chi connectivity index (χ3v) is 10.6. The molecule has 5 rings (SSSR count). The molecule has 2 heterocycles. The van der Waals surface area contributed by atoms with Crippen molar-refractivity contribution in [2.24, 2.45) is 28.6 Å². The lowest BCUT2D eigenvalue weighted by atomic mass is 9.59. The lowest BCUT2D eigenvalue weighted by molar-refractivity contribution is -0.302. The molecule has 3 aliphatic carbocycles. The Kier molecular flexibility index (Phi) is 6.00. The summed E-state index contributed by atoms with van der Waals surface area (Å²) in [5.74, 6) is -2.02. The molecule has 202 valence electrons. The summed E-state index contributed by atoms with van der Waals surface area (Å²) in [5, 5.41) is 13.1. The van der Waals surface area contributed by atoms with Gasteiger partial charge in [-0.15, -0.1) is 0 Å². The number of Topliss-reactive ketones (excluding diaryl/α,β-unsaturated/α-hetero) is 1. The van der Waals surface area contributed by atoms with Crippen LogP contribution < -0.4 is 0 Å². The number of ether oxygens (including phenoxy) is 3. The van der Waals surface area contributed by atoms with Gasteiger partial charge in [0.25, 0.3) is 0 Å². The molecule has 1 aliphatic heterocycles. The van der Waals surface area contributed by atoms with Gasteiger partial charge in [-0.3, -0.25) is 4.79 Å². The molecule has 1 N–H and O–H groups in total. The fraction of sp³-hybridized carbons (Fsp3) is 0.690. The second-order valence-corrected chi connectivity index (χ2v) is 13.7. The summed E-state index contributed by atoms with van der Waals surface area (Å²) in [6.45, 7) is 17.8. The summed E-state index contributed by atoms with van der Waals surface area (Å²) in [5.41, 5.74) is -1.09. The highest BCUT2D eigenvalue weighted by Crippen LogP contribution is 2.63. The van der Waals surface area contributed by atoms with Gasteiger partial charge in [-0.2, -0.15) is 4.37 Å². The molecule has 1 spiro atoms. The van der Waals surface area contributed by atoms with E-state index >= 15 is 0 Å². The Labute approximate surface area is 223 Å². The number of allylic oxidation sites excluding steroid dienone is 1. The zero-order chi connectivity index (χ0) is 27.3. The first-order valence-corrected chi connectivity index (χ1v) is 14.0. The van der Waals surface area contributed by atoms with E-state index in [1.807, 2.05) is 32.9 Å². The first kappa shape index (κ1) is 26.7. The maximum absolute atomic E-state index is 14.8. The Bertz CT molecular complexity index is 1210. The van der Waals surface area contributed by atoms with Crippen molar-refractivity contribution in [1.29, 1.82) is 0 Å². The lowest BCUT2D eigenvalue weighted by Gasteiger charge is -2.52. The fourth-order valence-electron chi connectivity index (χ4n) is 7.30. The number of hydrogen-bond acceptors (Lipinski definition) is 8. The van der Waals surface area contributed by atoms with E-state index in [1.165, 1.54) is 11.5 Å². The van der Waals surface area contributed by atoms with Crippen LogP contribution in [0.1, 0.15) is 75.8 Å². The molecule has 37 heavy (non-hydrogen) atoms. The van der Waals surface area contributed by atoms with Crippen molar-refractivity contribution < 1.29 is 28.9 Å². The van der Waals surface area contributed by atoms with Crippen molar-refractivity contribution in [1.82, 2.24) is 4.37 Å². The van der Waals surface area contributed by atoms with E-state index in [0.29, 0.717) is 16.8 Å². The number of esters is 1. The molecule has 0 radical (unpaired) electrons. The van der Waals surface area contributed by atoms with Crippen molar-refractivity contribution >= 4 is 23.3 Å². The number of aryl methyl sites for hydroxylation is 2. The van der Waals surface area contributed by atoms with Crippen molar-refractivity contribution in [3.05, 3.63) is 39.4 Å². The van der Waals surface area contributed by atoms with E-state index in [2.05, 4.69) is 25.1 Å². The van der Waals surface area contributed by atoms with Crippen LogP contribution in [-0.4, -0.2) is 51.4 Å². The summed E-state index contributed by atoms with van der Waals surface area (Å²) in [6, 6.07) is 0. The van der Waals surface area contributed by atoms with Gasteiger partial charge in [0.2, 0.25) is 0 Å². The van der Waals surface area contributed by atoms with E-state index in [-0.39, 0.29) is 29.6 Å².